The van der Waals surface area contributed by atoms with Crippen LogP contribution in [0.15, 0.2) is 52.9 Å². The molecule has 0 spiro atoms. The number of para-hydroxylation sites is 1. The Morgan fingerprint density at radius 1 is 1.12 bits per heavy atom. The van der Waals surface area contributed by atoms with Gasteiger partial charge in [-0.1, -0.05) is 41.3 Å². The van der Waals surface area contributed by atoms with Crippen LogP contribution in [-0.2, 0) is 0 Å². The minimum Gasteiger partial charge on any atom is -0.330 e. The van der Waals surface area contributed by atoms with E-state index in [0.717, 1.165) is 35.6 Å². The van der Waals surface area contributed by atoms with E-state index < -0.39 is 17.4 Å². The van der Waals surface area contributed by atoms with Gasteiger partial charge in [-0.15, -0.1) is 10.2 Å². The summed E-state index contributed by atoms with van der Waals surface area (Å²) in [5, 5.41) is 11.6. The number of thioether (sulfide) groups is 1. The van der Waals surface area contributed by atoms with Gasteiger partial charge in [-0.05, 0) is 30.3 Å². The highest BCUT2D eigenvalue weighted by Gasteiger charge is 2.15. The summed E-state index contributed by atoms with van der Waals surface area (Å²) in [6, 6.07) is 12.3. The van der Waals surface area contributed by atoms with E-state index in [4.69, 9.17) is 0 Å². The standard InChI is InChI=1S/C16H11F2N3OS2/c17-10-6-7-13(18)12(8-10)14(22)9-23-16-21-20-15(24-16)19-11-4-2-1-3-5-11/h1-8H,9H2,(H,19,20). The van der Waals surface area contributed by atoms with Gasteiger partial charge < -0.3 is 5.32 Å². The first-order valence-corrected chi connectivity index (χ1v) is 8.68. The van der Waals surface area contributed by atoms with Gasteiger partial charge in [0, 0.05) is 5.69 Å². The summed E-state index contributed by atoms with van der Waals surface area (Å²) in [4.78, 5) is 12.0. The first-order chi connectivity index (χ1) is 11.6. The number of carbonyl (C=O) groups excluding carboxylic acids is 1. The smallest absolute Gasteiger partial charge is 0.210 e. The van der Waals surface area contributed by atoms with Gasteiger partial charge in [0.05, 0.1) is 11.3 Å². The third kappa shape index (κ3) is 4.15. The number of hydrogen-bond donors (Lipinski definition) is 1. The predicted octanol–water partition coefficient (Wildman–Crippen LogP) is 4.53. The molecule has 0 radical (unpaired) electrons. The molecule has 3 rings (SSSR count). The molecule has 4 nitrogen and oxygen atoms in total. The highest BCUT2D eigenvalue weighted by molar-refractivity contribution is 8.01. The summed E-state index contributed by atoms with van der Waals surface area (Å²) in [6.45, 7) is 0. The van der Waals surface area contributed by atoms with Gasteiger partial charge in [-0.3, -0.25) is 4.79 Å². The number of aromatic nitrogens is 2. The Bertz CT molecular complexity index is 856. The van der Waals surface area contributed by atoms with Crippen molar-refractivity contribution in [3.8, 4) is 0 Å². The lowest BCUT2D eigenvalue weighted by molar-refractivity contribution is 0.101. The fourth-order valence-corrected chi connectivity index (χ4v) is 3.54. The number of hydrogen-bond acceptors (Lipinski definition) is 6. The minimum absolute atomic E-state index is 0.0413. The predicted molar refractivity (Wildman–Crippen MR) is 91.0 cm³/mol. The number of nitrogens with zero attached hydrogens (tertiary/aromatic N) is 2. The summed E-state index contributed by atoms with van der Waals surface area (Å²) in [7, 11) is 0. The second kappa shape index (κ2) is 7.50. The van der Waals surface area contributed by atoms with Gasteiger partial charge in [0.25, 0.3) is 0 Å². The monoisotopic (exact) mass is 363 g/mol. The van der Waals surface area contributed by atoms with Crippen LogP contribution >= 0.6 is 23.1 Å². The lowest BCUT2D eigenvalue weighted by atomic mass is 10.1. The van der Waals surface area contributed by atoms with Crippen LogP contribution in [0.25, 0.3) is 0 Å². The number of halogens is 2. The third-order valence-electron chi connectivity index (χ3n) is 2.99. The first kappa shape index (κ1) is 16.5. The topological polar surface area (TPSA) is 54.9 Å². The third-order valence-corrected chi connectivity index (χ3v) is 4.96. The van der Waals surface area contributed by atoms with Gasteiger partial charge in [0.1, 0.15) is 11.6 Å². The average Bonchev–Trinajstić information content (AvgIpc) is 3.03. The van der Waals surface area contributed by atoms with Crippen LogP contribution in [-0.4, -0.2) is 21.7 Å². The molecular weight excluding hydrogens is 352 g/mol. The number of Topliss-reactive ketones (excluding diaryl/α,β-unsaturated/α-hetero) is 1. The molecule has 8 heteroatoms. The first-order valence-electron chi connectivity index (χ1n) is 6.88. The highest BCUT2D eigenvalue weighted by atomic mass is 32.2. The molecule has 0 saturated heterocycles. The van der Waals surface area contributed by atoms with E-state index in [1.165, 1.54) is 11.3 Å². The second-order valence-corrected chi connectivity index (χ2v) is 6.90. The zero-order chi connectivity index (χ0) is 16.9. The summed E-state index contributed by atoms with van der Waals surface area (Å²) >= 11 is 2.42. The number of anilines is 2. The maximum Gasteiger partial charge on any atom is 0.210 e. The van der Waals surface area contributed by atoms with Crippen molar-refractivity contribution in [1.82, 2.24) is 10.2 Å². The molecule has 0 aliphatic heterocycles. The number of carbonyl (C=O) groups is 1. The van der Waals surface area contributed by atoms with Crippen molar-refractivity contribution in [2.24, 2.45) is 0 Å². The summed E-state index contributed by atoms with van der Waals surface area (Å²) in [6.07, 6.45) is 0. The van der Waals surface area contributed by atoms with Crippen LogP contribution in [0.2, 0.25) is 0 Å². The molecule has 0 amide bonds. The maximum absolute atomic E-state index is 13.6. The summed E-state index contributed by atoms with van der Waals surface area (Å²) in [5.74, 6) is -1.91. The lowest BCUT2D eigenvalue weighted by Crippen LogP contribution is -2.05. The molecule has 1 aromatic heterocycles. The Kier molecular flexibility index (Phi) is 5.17. The number of rotatable bonds is 6. The molecule has 0 aliphatic carbocycles. The molecule has 2 aromatic carbocycles. The fraction of sp³-hybridized carbons (Fsp3) is 0.0625. The van der Waals surface area contributed by atoms with Crippen molar-refractivity contribution in [1.29, 1.82) is 0 Å². The molecule has 0 aliphatic rings. The molecule has 0 fully saturated rings. The van der Waals surface area contributed by atoms with E-state index in [2.05, 4.69) is 15.5 Å². The summed E-state index contributed by atoms with van der Waals surface area (Å²) < 4.78 is 27.3. The fourth-order valence-electron chi connectivity index (χ4n) is 1.88. The second-order valence-electron chi connectivity index (χ2n) is 4.70. The quantitative estimate of drug-likeness (QED) is 0.515. The zero-order valence-corrected chi connectivity index (χ0v) is 13.8. The molecule has 0 unspecified atom stereocenters. The Labute approximate surface area is 144 Å². The van der Waals surface area contributed by atoms with Gasteiger partial charge in [-0.2, -0.15) is 0 Å². The average molecular weight is 363 g/mol. The van der Waals surface area contributed by atoms with Crippen molar-refractivity contribution in [3.63, 3.8) is 0 Å². The molecule has 1 heterocycles. The van der Waals surface area contributed by atoms with Crippen LogP contribution in [0.4, 0.5) is 19.6 Å². The van der Waals surface area contributed by atoms with Crippen molar-refractivity contribution in [3.05, 3.63) is 65.7 Å². The van der Waals surface area contributed by atoms with Crippen LogP contribution in [0.5, 0.6) is 0 Å². The number of nitrogens with one attached hydrogen (secondary N) is 1. The molecule has 0 bridgehead atoms. The van der Waals surface area contributed by atoms with Gasteiger partial charge in [0.2, 0.25) is 5.13 Å². The minimum atomic E-state index is -0.731. The van der Waals surface area contributed by atoms with E-state index in [-0.39, 0.29) is 11.3 Å². The Balaban J connectivity index is 1.61. The van der Waals surface area contributed by atoms with Gasteiger partial charge in [-0.25, -0.2) is 8.78 Å². The van der Waals surface area contributed by atoms with Crippen LogP contribution in [0, 0.1) is 11.6 Å². The van der Waals surface area contributed by atoms with E-state index in [9.17, 15) is 13.6 Å². The Morgan fingerprint density at radius 2 is 1.92 bits per heavy atom. The summed E-state index contributed by atoms with van der Waals surface area (Å²) in [5.41, 5.74) is 0.623. The van der Waals surface area contributed by atoms with Crippen molar-refractivity contribution in [2.75, 3.05) is 11.1 Å². The molecule has 0 saturated carbocycles. The SMILES string of the molecule is O=C(CSc1nnc(Nc2ccccc2)s1)c1cc(F)ccc1F. The normalized spacial score (nSPS) is 10.6. The number of ketones is 1. The molecule has 122 valence electrons. The number of benzene rings is 2. The van der Waals surface area contributed by atoms with Crippen LogP contribution in [0.1, 0.15) is 10.4 Å². The molecular formula is C16H11F2N3OS2. The van der Waals surface area contributed by atoms with E-state index in [1.807, 2.05) is 30.3 Å². The maximum atomic E-state index is 13.6. The molecule has 3 aromatic rings. The van der Waals surface area contributed by atoms with E-state index >= 15 is 0 Å². The molecule has 24 heavy (non-hydrogen) atoms. The Hall–Kier alpha value is -2.32. The Morgan fingerprint density at radius 3 is 2.71 bits per heavy atom. The largest absolute Gasteiger partial charge is 0.330 e. The van der Waals surface area contributed by atoms with Crippen molar-refractivity contribution >= 4 is 39.7 Å². The van der Waals surface area contributed by atoms with Crippen molar-refractivity contribution in [2.45, 2.75) is 4.34 Å². The van der Waals surface area contributed by atoms with Crippen LogP contribution < -0.4 is 5.32 Å². The van der Waals surface area contributed by atoms with Crippen LogP contribution in [0.3, 0.4) is 0 Å². The van der Waals surface area contributed by atoms with Gasteiger partial charge in [0.15, 0.2) is 10.1 Å². The molecule has 1 N–H and O–H groups in total. The van der Waals surface area contributed by atoms with E-state index in [0.29, 0.717) is 9.47 Å². The van der Waals surface area contributed by atoms with E-state index in [1.54, 1.807) is 0 Å². The van der Waals surface area contributed by atoms with Crippen molar-refractivity contribution < 1.29 is 13.6 Å². The highest BCUT2D eigenvalue weighted by Crippen LogP contribution is 2.28. The lowest BCUT2D eigenvalue weighted by Gasteiger charge is -2.01. The van der Waals surface area contributed by atoms with Gasteiger partial charge >= 0.3 is 0 Å². The molecule has 0 atom stereocenters. The zero-order valence-electron chi connectivity index (χ0n) is 12.2.